The van der Waals surface area contributed by atoms with E-state index in [1.807, 2.05) is 53.4 Å². The molecule has 1 fully saturated rings. The lowest BCUT2D eigenvalue weighted by atomic mass is 9.91. The molecule has 0 atom stereocenters. The van der Waals surface area contributed by atoms with Gasteiger partial charge in [-0.3, -0.25) is 14.4 Å². The normalized spacial score (nSPS) is 14.4. The summed E-state index contributed by atoms with van der Waals surface area (Å²) in [6.07, 6.45) is 3.68. The minimum atomic E-state index is 0.0123. The van der Waals surface area contributed by atoms with Gasteiger partial charge in [-0.1, -0.05) is 48.5 Å². The first-order valence-corrected chi connectivity index (χ1v) is 10.3. The summed E-state index contributed by atoms with van der Waals surface area (Å²) in [7, 11) is 0. The van der Waals surface area contributed by atoms with E-state index in [1.165, 1.54) is 0 Å². The lowest BCUT2D eigenvalue weighted by Gasteiger charge is -2.32. The van der Waals surface area contributed by atoms with Crippen molar-refractivity contribution in [2.24, 2.45) is 5.92 Å². The van der Waals surface area contributed by atoms with Gasteiger partial charge < -0.3 is 10.2 Å². The van der Waals surface area contributed by atoms with Gasteiger partial charge in [-0.2, -0.15) is 0 Å². The minimum Gasteiger partial charge on any atom is -0.343 e. The lowest BCUT2D eigenvalue weighted by molar-refractivity contribution is -0.132. The molecule has 5 nitrogen and oxygen atoms in total. The third-order valence-electron chi connectivity index (χ3n) is 5.47. The summed E-state index contributed by atoms with van der Waals surface area (Å²) in [5.74, 6) is 0.563. The number of nitrogens with one attached hydrogen (secondary N) is 1. The molecule has 1 N–H and O–H groups in total. The van der Waals surface area contributed by atoms with Gasteiger partial charge in [0.25, 0.3) is 0 Å². The van der Waals surface area contributed by atoms with E-state index in [-0.39, 0.29) is 30.4 Å². The number of benzene rings is 2. The summed E-state index contributed by atoms with van der Waals surface area (Å²) in [5.41, 5.74) is 1.48. The maximum atomic E-state index is 12.4. The van der Waals surface area contributed by atoms with Crippen LogP contribution in [0.3, 0.4) is 0 Å². The van der Waals surface area contributed by atoms with Crippen LogP contribution in [-0.4, -0.2) is 35.6 Å². The zero-order valence-electron chi connectivity index (χ0n) is 16.7. The number of rotatable bonds is 8. The average molecular weight is 392 g/mol. The molecule has 2 aromatic carbocycles. The van der Waals surface area contributed by atoms with Gasteiger partial charge in [0.2, 0.25) is 11.8 Å². The second kappa shape index (κ2) is 10.6. The molecule has 1 aliphatic rings. The van der Waals surface area contributed by atoms with Crippen molar-refractivity contribution >= 4 is 23.3 Å². The first-order chi connectivity index (χ1) is 14.1. The summed E-state index contributed by atoms with van der Waals surface area (Å²) in [4.78, 5) is 38.5. The van der Waals surface area contributed by atoms with Crippen LogP contribution in [0.4, 0.5) is 5.69 Å². The van der Waals surface area contributed by atoms with Crippen LogP contribution < -0.4 is 5.32 Å². The van der Waals surface area contributed by atoms with Crippen molar-refractivity contribution in [1.29, 1.82) is 0 Å². The van der Waals surface area contributed by atoms with Crippen molar-refractivity contribution < 1.29 is 14.4 Å². The molecule has 0 bridgehead atoms. The van der Waals surface area contributed by atoms with Gasteiger partial charge in [-0.15, -0.1) is 0 Å². The molecule has 29 heavy (non-hydrogen) atoms. The summed E-state index contributed by atoms with van der Waals surface area (Å²) >= 11 is 0. The van der Waals surface area contributed by atoms with Crippen molar-refractivity contribution in [1.82, 2.24) is 4.90 Å². The van der Waals surface area contributed by atoms with Gasteiger partial charge in [0.05, 0.1) is 0 Å². The SMILES string of the molecule is O=C(CCC1CCN(C(=O)CCC(=O)c2ccccc2)CC1)Nc1ccccc1. The molecule has 0 spiro atoms. The number of carbonyl (C=O) groups is 3. The van der Waals surface area contributed by atoms with E-state index in [2.05, 4.69) is 5.32 Å². The first kappa shape index (κ1) is 20.8. The van der Waals surface area contributed by atoms with Crippen LogP contribution in [0, 0.1) is 5.92 Å². The van der Waals surface area contributed by atoms with Crippen molar-refractivity contribution in [3.05, 3.63) is 66.2 Å². The third-order valence-corrected chi connectivity index (χ3v) is 5.47. The number of amides is 2. The fourth-order valence-corrected chi connectivity index (χ4v) is 3.70. The zero-order chi connectivity index (χ0) is 20.5. The fourth-order valence-electron chi connectivity index (χ4n) is 3.70. The van der Waals surface area contributed by atoms with E-state index < -0.39 is 0 Å². The Kier molecular flexibility index (Phi) is 7.56. The molecule has 0 radical (unpaired) electrons. The van der Waals surface area contributed by atoms with E-state index in [9.17, 15) is 14.4 Å². The highest BCUT2D eigenvalue weighted by Gasteiger charge is 2.23. The van der Waals surface area contributed by atoms with E-state index in [0.29, 0.717) is 31.0 Å². The van der Waals surface area contributed by atoms with E-state index in [0.717, 1.165) is 24.9 Å². The number of anilines is 1. The van der Waals surface area contributed by atoms with Crippen molar-refractivity contribution in [2.75, 3.05) is 18.4 Å². The van der Waals surface area contributed by atoms with Gasteiger partial charge in [0.1, 0.15) is 0 Å². The van der Waals surface area contributed by atoms with Crippen molar-refractivity contribution in [3.8, 4) is 0 Å². The Balaban J connectivity index is 1.34. The predicted octanol–water partition coefficient (Wildman–Crippen LogP) is 4.31. The minimum absolute atomic E-state index is 0.0123. The monoisotopic (exact) mass is 392 g/mol. The highest BCUT2D eigenvalue weighted by atomic mass is 16.2. The number of nitrogens with zero attached hydrogens (tertiary/aromatic N) is 1. The molecule has 0 unspecified atom stereocenters. The van der Waals surface area contributed by atoms with Gasteiger partial charge in [-0.05, 0) is 37.3 Å². The molecule has 5 heteroatoms. The van der Waals surface area contributed by atoms with E-state index >= 15 is 0 Å². The van der Waals surface area contributed by atoms with E-state index in [1.54, 1.807) is 12.1 Å². The van der Waals surface area contributed by atoms with E-state index in [4.69, 9.17) is 0 Å². The first-order valence-electron chi connectivity index (χ1n) is 10.3. The van der Waals surface area contributed by atoms with Gasteiger partial charge in [-0.25, -0.2) is 0 Å². The molecule has 1 heterocycles. The molecular weight excluding hydrogens is 364 g/mol. The number of likely N-dealkylation sites (tertiary alicyclic amines) is 1. The Labute approximate surface area is 172 Å². The molecule has 0 aromatic heterocycles. The Morgan fingerprint density at radius 1 is 0.828 bits per heavy atom. The van der Waals surface area contributed by atoms with Crippen LogP contribution in [0.25, 0.3) is 0 Å². The molecule has 0 saturated carbocycles. The van der Waals surface area contributed by atoms with Crippen LogP contribution in [0.2, 0.25) is 0 Å². The number of para-hydroxylation sites is 1. The van der Waals surface area contributed by atoms with Crippen molar-refractivity contribution in [2.45, 2.75) is 38.5 Å². The zero-order valence-corrected chi connectivity index (χ0v) is 16.7. The van der Waals surface area contributed by atoms with Crippen LogP contribution in [-0.2, 0) is 9.59 Å². The maximum absolute atomic E-state index is 12.4. The van der Waals surface area contributed by atoms with Gasteiger partial charge in [0, 0.05) is 43.6 Å². The van der Waals surface area contributed by atoms with Crippen LogP contribution in [0.1, 0.15) is 48.9 Å². The summed E-state index contributed by atoms with van der Waals surface area (Å²) in [6.45, 7) is 1.42. The highest BCUT2D eigenvalue weighted by molar-refractivity contribution is 5.97. The summed E-state index contributed by atoms with van der Waals surface area (Å²) in [6, 6.07) is 18.6. The molecule has 152 valence electrons. The summed E-state index contributed by atoms with van der Waals surface area (Å²) < 4.78 is 0. The Bertz CT molecular complexity index is 813. The second-order valence-electron chi connectivity index (χ2n) is 7.57. The Morgan fingerprint density at radius 2 is 1.45 bits per heavy atom. The molecule has 0 aliphatic carbocycles. The second-order valence-corrected chi connectivity index (χ2v) is 7.57. The Hall–Kier alpha value is -2.95. The number of ketones is 1. The largest absolute Gasteiger partial charge is 0.343 e. The molecule has 3 rings (SSSR count). The molecule has 1 saturated heterocycles. The van der Waals surface area contributed by atoms with Crippen LogP contribution >= 0.6 is 0 Å². The molecule has 2 amide bonds. The lowest BCUT2D eigenvalue weighted by Crippen LogP contribution is -2.38. The molecular formula is C24H28N2O3. The van der Waals surface area contributed by atoms with Gasteiger partial charge >= 0.3 is 0 Å². The topological polar surface area (TPSA) is 66.5 Å². The van der Waals surface area contributed by atoms with Crippen molar-refractivity contribution in [3.63, 3.8) is 0 Å². The fraction of sp³-hybridized carbons (Fsp3) is 0.375. The number of hydrogen-bond donors (Lipinski definition) is 1. The van der Waals surface area contributed by atoms with Gasteiger partial charge in [0.15, 0.2) is 5.78 Å². The van der Waals surface area contributed by atoms with Crippen LogP contribution in [0.15, 0.2) is 60.7 Å². The quantitative estimate of drug-likeness (QED) is 0.681. The highest BCUT2D eigenvalue weighted by Crippen LogP contribution is 2.23. The average Bonchev–Trinajstić information content (AvgIpc) is 2.77. The third kappa shape index (κ3) is 6.56. The molecule has 1 aliphatic heterocycles. The predicted molar refractivity (Wildman–Crippen MR) is 114 cm³/mol. The smallest absolute Gasteiger partial charge is 0.224 e. The maximum Gasteiger partial charge on any atom is 0.224 e. The van der Waals surface area contributed by atoms with Crippen LogP contribution in [0.5, 0.6) is 0 Å². The number of Topliss-reactive ketones (excluding diaryl/α,β-unsaturated/α-hetero) is 1. The summed E-state index contributed by atoms with van der Waals surface area (Å²) in [5, 5.41) is 2.91. The number of carbonyl (C=O) groups excluding carboxylic acids is 3. The number of piperidine rings is 1. The Morgan fingerprint density at radius 3 is 2.10 bits per heavy atom. The standard InChI is InChI=1S/C24H28N2O3/c27-22(20-7-3-1-4-8-20)12-14-24(29)26-17-15-19(16-18-26)11-13-23(28)25-21-9-5-2-6-10-21/h1-10,19H,11-18H2,(H,25,28). The molecule has 2 aromatic rings. The number of hydrogen-bond acceptors (Lipinski definition) is 3.